The highest BCUT2D eigenvalue weighted by Gasteiger charge is 2.59. The van der Waals surface area contributed by atoms with Crippen molar-refractivity contribution in [3.8, 4) is 0 Å². The highest BCUT2D eigenvalue weighted by atomic mass is 79.9. The Bertz CT molecular complexity index is 3600. The second-order valence-corrected chi connectivity index (χ2v) is 18.7. The zero-order valence-electron chi connectivity index (χ0n) is 36.8. The van der Waals surface area contributed by atoms with Crippen LogP contribution in [0, 0.1) is 23.7 Å². The summed E-state index contributed by atoms with van der Waals surface area (Å²) in [5.74, 6) is 5.45. The zero-order valence-corrected chi connectivity index (χ0v) is 39.2. The molecule has 2 aliphatic heterocycles. The van der Waals surface area contributed by atoms with Gasteiger partial charge in [0.2, 0.25) is 11.8 Å². The minimum Gasteiger partial charge on any atom is -0.371 e. The van der Waals surface area contributed by atoms with E-state index in [1.165, 1.54) is 49.0 Å². The lowest BCUT2D eigenvalue weighted by molar-refractivity contribution is 0.363. The highest BCUT2D eigenvalue weighted by Crippen LogP contribution is 2.58. The van der Waals surface area contributed by atoms with Crippen LogP contribution in [0.15, 0.2) is 133 Å². The average Bonchev–Trinajstić information content (AvgIpc) is 3.90. The van der Waals surface area contributed by atoms with E-state index in [0.717, 1.165) is 42.3 Å². The SMILES string of the molecule is Brc1ccc2ccccc2c1.Cl.Cn1cnc2ncn(Cc3nc(C4[C@H]5CN(c6ccc7ccccc7c6)C[C@@H]45)no3)c(=O)c21.Cn1cnc2ncn(Cc3nc(C4[C@H]5CNC[C@@H]45)no3)c(=O)c21. The van der Waals surface area contributed by atoms with E-state index in [4.69, 9.17) is 9.05 Å². The standard InChI is InChI=1S/C24H21N7O2.C14H15N7O2.C10H7Br.ClH/c1-29-12-25-23-21(29)24(32)31(13-26-23)11-19-27-22(28-33-19)20-17-9-30(10-18(17)20)16-7-6-14-4-2-3-5-15(14)8-16;1-20-5-16-13-11(20)14(22)21(6-17-13)4-9-18-12(19-23-9)10-7-2-15-3-8(7)10;11-10-6-5-8-3-1-2-4-9(8)7-10;/h2-8,12-13,17-18,20H,9-11H2,1H3;5-8,10,15H,2-4H2,1H3;1-7H;1H/t17-,18+,20?;7-,8+,10?;;. The number of imidazole rings is 2. The zero-order chi connectivity index (χ0) is 45.3. The van der Waals surface area contributed by atoms with Gasteiger partial charge < -0.3 is 28.4 Å². The van der Waals surface area contributed by atoms with E-state index in [2.05, 4.69) is 151 Å². The molecule has 10 aromatic rings. The van der Waals surface area contributed by atoms with Crippen molar-refractivity contribution < 1.29 is 9.05 Å². The molecule has 4 fully saturated rings. The molecule has 68 heavy (non-hydrogen) atoms. The molecule has 18 nitrogen and oxygen atoms in total. The third kappa shape index (κ3) is 8.02. The minimum atomic E-state index is -0.172. The summed E-state index contributed by atoms with van der Waals surface area (Å²) in [7, 11) is 3.55. The van der Waals surface area contributed by atoms with Gasteiger partial charge in [0.05, 0.1) is 12.7 Å². The van der Waals surface area contributed by atoms with Gasteiger partial charge in [-0.1, -0.05) is 86.9 Å². The van der Waals surface area contributed by atoms with Crippen molar-refractivity contribution in [2.75, 3.05) is 31.1 Å². The Balaban J connectivity index is 0.000000125. The quantitative estimate of drug-likeness (QED) is 0.193. The Morgan fingerprint density at radius 2 is 1.07 bits per heavy atom. The summed E-state index contributed by atoms with van der Waals surface area (Å²) in [6.45, 7) is 4.47. The lowest BCUT2D eigenvalue weighted by Crippen LogP contribution is -2.23. The molecule has 8 heterocycles. The van der Waals surface area contributed by atoms with Crippen molar-refractivity contribution in [3.05, 3.63) is 159 Å². The number of fused-ring (bicyclic) bond motifs is 6. The maximum atomic E-state index is 12.7. The Kier molecular flexibility index (Phi) is 11.2. The maximum absolute atomic E-state index is 12.7. The average molecular weight is 996 g/mol. The van der Waals surface area contributed by atoms with Crippen LogP contribution < -0.4 is 21.3 Å². The van der Waals surface area contributed by atoms with Crippen LogP contribution in [0.1, 0.15) is 35.3 Å². The smallest absolute Gasteiger partial charge is 0.280 e. The van der Waals surface area contributed by atoms with Gasteiger partial charge in [-0.3, -0.25) is 18.7 Å². The lowest BCUT2D eigenvalue weighted by Gasteiger charge is -2.22. The molecule has 2 aliphatic carbocycles. The predicted molar refractivity (Wildman–Crippen MR) is 260 cm³/mol. The van der Waals surface area contributed by atoms with Gasteiger partial charge in [0.1, 0.15) is 25.7 Å². The Morgan fingerprint density at radius 3 is 1.62 bits per heavy atom. The Labute approximate surface area is 401 Å². The Hall–Kier alpha value is -7.09. The van der Waals surface area contributed by atoms with Crippen LogP contribution >= 0.6 is 28.3 Å². The molecule has 2 saturated carbocycles. The molecule has 6 atom stereocenters. The molecule has 20 heteroatoms. The molecule has 0 amide bonds. The van der Waals surface area contributed by atoms with Crippen molar-refractivity contribution in [3.63, 3.8) is 0 Å². The number of nitrogens with zero attached hydrogens (tertiary/aromatic N) is 13. The van der Waals surface area contributed by atoms with Crippen LogP contribution in [0.5, 0.6) is 0 Å². The topological polar surface area (TPSA) is 199 Å². The van der Waals surface area contributed by atoms with E-state index in [1.807, 2.05) is 0 Å². The number of hydrogen-bond acceptors (Lipinski definition) is 14. The van der Waals surface area contributed by atoms with Crippen LogP contribution in [0.3, 0.4) is 0 Å². The number of piperidine rings is 2. The number of rotatable bonds is 7. The highest BCUT2D eigenvalue weighted by molar-refractivity contribution is 9.10. The number of halogens is 2. The fourth-order valence-corrected chi connectivity index (χ4v) is 10.4. The summed E-state index contributed by atoms with van der Waals surface area (Å²) < 4.78 is 18.2. The molecule has 2 unspecified atom stereocenters. The van der Waals surface area contributed by atoms with Gasteiger partial charge in [-0.2, -0.15) is 9.97 Å². The maximum Gasteiger partial charge on any atom is 0.280 e. The summed E-state index contributed by atoms with van der Waals surface area (Å²) in [5, 5.41) is 16.8. The molecule has 0 spiro atoms. The molecular formula is C48H44BrClN14O4. The van der Waals surface area contributed by atoms with Crippen LogP contribution in [0.2, 0.25) is 0 Å². The summed E-state index contributed by atoms with van der Waals surface area (Å²) in [4.78, 5) is 53.4. The first kappa shape index (κ1) is 43.5. The number of aromatic nitrogens is 12. The van der Waals surface area contributed by atoms with E-state index in [0.29, 0.717) is 69.6 Å². The number of aryl methyl sites for hydroxylation is 2. The van der Waals surface area contributed by atoms with Crippen LogP contribution in [-0.2, 0) is 27.2 Å². The van der Waals surface area contributed by atoms with E-state index >= 15 is 0 Å². The van der Waals surface area contributed by atoms with Gasteiger partial charge >= 0.3 is 0 Å². The first-order valence-corrected chi connectivity index (χ1v) is 23.0. The predicted octanol–water partition coefficient (Wildman–Crippen LogP) is 6.08. The van der Waals surface area contributed by atoms with Gasteiger partial charge in [-0.25, -0.2) is 19.9 Å². The monoisotopic (exact) mass is 994 g/mol. The number of anilines is 1. The van der Waals surface area contributed by atoms with E-state index in [-0.39, 0.29) is 36.6 Å². The second kappa shape index (κ2) is 17.5. The van der Waals surface area contributed by atoms with Crippen molar-refractivity contribution in [1.29, 1.82) is 0 Å². The molecule has 344 valence electrons. The fraction of sp³-hybridized carbons (Fsp3) is 0.292. The molecule has 4 aromatic carbocycles. The van der Waals surface area contributed by atoms with Crippen LogP contribution in [0.25, 0.3) is 43.9 Å². The van der Waals surface area contributed by atoms with Crippen molar-refractivity contribution in [2.24, 2.45) is 37.8 Å². The molecule has 1 N–H and O–H groups in total. The van der Waals surface area contributed by atoms with Crippen molar-refractivity contribution >= 4 is 77.9 Å². The van der Waals surface area contributed by atoms with E-state index in [9.17, 15) is 9.59 Å². The first-order chi connectivity index (χ1) is 32.7. The van der Waals surface area contributed by atoms with Crippen molar-refractivity contribution in [1.82, 2.24) is 63.8 Å². The third-order valence-corrected chi connectivity index (χ3v) is 14.2. The molecule has 4 aliphatic rings. The normalized spacial score (nSPS) is 21.0. The largest absolute Gasteiger partial charge is 0.371 e. The number of nitrogens with one attached hydrogen (secondary N) is 1. The molecule has 2 saturated heterocycles. The van der Waals surface area contributed by atoms with Gasteiger partial charge in [-0.05, 0) is 82.6 Å². The van der Waals surface area contributed by atoms with Gasteiger partial charge in [0, 0.05) is 49.2 Å². The summed E-state index contributed by atoms with van der Waals surface area (Å²) in [6.07, 6.45) is 6.11. The molecular weight excluding hydrogens is 952 g/mol. The van der Waals surface area contributed by atoms with Crippen LogP contribution in [0.4, 0.5) is 5.69 Å². The van der Waals surface area contributed by atoms with Gasteiger partial charge in [0.15, 0.2) is 34.0 Å². The molecule has 14 rings (SSSR count). The molecule has 0 bridgehead atoms. The second-order valence-electron chi connectivity index (χ2n) is 17.8. The van der Waals surface area contributed by atoms with Gasteiger partial charge in [0.25, 0.3) is 11.1 Å². The molecule has 0 radical (unpaired) electrons. The van der Waals surface area contributed by atoms with Gasteiger partial charge in [-0.15, -0.1) is 12.4 Å². The van der Waals surface area contributed by atoms with Crippen LogP contribution in [-0.4, -0.2) is 84.7 Å². The minimum absolute atomic E-state index is 0. The summed E-state index contributed by atoms with van der Waals surface area (Å²) in [5.41, 5.74) is 2.74. The summed E-state index contributed by atoms with van der Waals surface area (Å²) >= 11 is 3.43. The Morgan fingerprint density at radius 1 is 0.603 bits per heavy atom. The van der Waals surface area contributed by atoms with Crippen molar-refractivity contribution in [2.45, 2.75) is 24.9 Å². The fourth-order valence-electron chi connectivity index (χ4n) is 10.1. The first-order valence-electron chi connectivity index (χ1n) is 22.2. The van der Waals surface area contributed by atoms with E-state index < -0.39 is 0 Å². The summed E-state index contributed by atoms with van der Waals surface area (Å²) in [6, 6.07) is 29.7. The molecule has 6 aromatic heterocycles. The number of benzene rings is 4. The van der Waals surface area contributed by atoms with E-state index in [1.54, 1.807) is 35.9 Å². The lowest BCUT2D eigenvalue weighted by atomic mass is 10.1. The number of hydrogen-bond donors (Lipinski definition) is 1. The third-order valence-electron chi connectivity index (χ3n) is 13.7.